The molecule has 0 aromatic carbocycles. The molecule has 0 heterocycles. The number of hydrogen-bond donors (Lipinski definition) is 3. The zero-order valence-corrected chi connectivity index (χ0v) is 33.0. The number of unbranched alkanes of at least 4 members (excludes halogenated alkanes) is 27. The van der Waals surface area contributed by atoms with Crippen LogP contribution in [0, 0.1) is 0 Å². The van der Waals surface area contributed by atoms with Crippen LogP contribution in [0.1, 0.15) is 220 Å². The number of ether oxygens (including phenoxy) is 1. The molecule has 0 aromatic rings. The van der Waals surface area contributed by atoms with Crippen LogP contribution < -0.4 is 16.0 Å². The Kier molecular flexibility index (Phi) is 37.9. The first kappa shape index (κ1) is 47.4. The second kappa shape index (κ2) is 39.2. The van der Waals surface area contributed by atoms with Gasteiger partial charge in [0.05, 0.1) is 6.42 Å². The second-order valence-corrected chi connectivity index (χ2v) is 14.5. The van der Waals surface area contributed by atoms with Crippen molar-refractivity contribution in [3.63, 3.8) is 0 Å². The largest absolute Gasteiger partial charge is 0.358 e. The smallest absolute Gasteiger partial charge is 0.249 e. The highest BCUT2D eigenvalue weighted by atomic mass is 16.5. The normalized spacial score (nSPS) is 11.8. The zero-order valence-electron chi connectivity index (χ0n) is 33.0. The summed E-state index contributed by atoms with van der Waals surface area (Å²) in [4.78, 5) is 38.2. The maximum Gasteiger partial charge on any atom is 0.249 e. The van der Waals surface area contributed by atoms with E-state index in [0.29, 0.717) is 19.6 Å². The molecule has 0 bridgehead atoms. The van der Waals surface area contributed by atoms with Crippen molar-refractivity contribution < 1.29 is 19.1 Å². The lowest BCUT2D eigenvalue weighted by atomic mass is 10.1. The van der Waals surface area contributed by atoms with E-state index in [1.165, 1.54) is 154 Å². The van der Waals surface area contributed by atoms with Gasteiger partial charge >= 0.3 is 0 Å². The molecule has 0 saturated carbocycles. The highest BCUT2D eigenvalue weighted by molar-refractivity contribution is 5.88. The number of carbonyl (C=O) groups excluding carboxylic acids is 3. The Labute approximate surface area is 304 Å². The third kappa shape index (κ3) is 36.0. The van der Waals surface area contributed by atoms with Gasteiger partial charge in [0.2, 0.25) is 17.7 Å². The molecule has 0 fully saturated rings. The number of amides is 3. The molecule has 0 aromatic heterocycles. The molecule has 0 spiro atoms. The Bertz CT molecular complexity index is 733. The third-order valence-corrected chi connectivity index (χ3v) is 9.61. The van der Waals surface area contributed by atoms with Gasteiger partial charge in [0.15, 0.2) is 0 Å². The van der Waals surface area contributed by atoms with Crippen molar-refractivity contribution in [3.05, 3.63) is 0 Å². The standard InChI is InChI=1S/C42H83N3O4/c1-4-7-10-13-16-19-22-25-28-31-34-43-40(46)37-39(42(48)45-36-33-30-27-24-21-18-15-12-9-6-3)49-38-41(47)44-35-32-29-26-23-20-17-14-11-8-5-2/h39H,4-38H2,1-3H3,(H,43,46)(H,44,47)(H,45,48). The van der Waals surface area contributed by atoms with Crippen molar-refractivity contribution in [2.45, 2.75) is 226 Å². The second-order valence-electron chi connectivity index (χ2n) is 14.5. The van der Waals surface area contributed by atoms with Crippen LogP contribution in [0.15, 0.2) is 0 Å². The van der Waals surface area contributed by atoms with Crippen molar-refractivity contribution in [1.29, 1.82) is 0 Å². The minimum Gasteiger partial charge on any atom is -0.358 e. The molecule has 0 aliphatic heterocycles. The molecule has 1 atom stereocenters. The number of rotatable bonds is 39. The topological polar surface area (TPSA) is 96.5 Å². The monoisotopic (exact) mass is 694 g/mol. The minimum absolute atomic E-state index is 0.0622. The fraction of sp³-hybridized carbons (Fsp3) is 0.929. The molecule has 0 aliphatic carbocycles. The Morgan fingerprint density at radius 1 is 0.388 bits per heavy atom. The van der Waals surface area contributed by atoms with E-state index >= 15 is 0 Å². The van der Waals surface area contributed by atoms with E-state index < -0.39 is 6.10 Å². The molecule has 0 rings (SSSR count). The summed E-state index contributed by atoms with van der Waals surface area (Å²) >= 11 is 0. The highest BCUT2D eigenvalue weighted by Crippen LogP contribution is 2.12. The van der Waals surface area contributed by atoms with E-state index in [2.05, 4.69) is 36.7 Å². The number of carbonyl (C=O) groups is 3. The number of nitrogens with one attached hydrogen (secondary N) is 3. The fourth-order valence-electron chi connectivity index (χ4n) is 6.31. The van der Waals surface area contributed by atoms with E-state index in [1.807, 2.05) is 0 Å². The molecule has 290 valence electrons. The van der Waals surface area contributed by atoms with Crippen LogP contribution in [0.3, 0.4) is 0 Å². The average molecular weight is 694 g/mol. The average Bonchev–Trinajstić information content (AvgIpc) is 3.10. The molecular weight excluding hydrogens is 610 g/mol. The molecule has 3 amide bonds. The predicted octanol–water partition coefficient (Wildman–Crippen LogP) is 10.9. The molecular formula is C42H83N3O4. The van der Waals surface area contributed by atoms with Crippen molar-refractivity contribution in [3.8, 4) is 0 Å². The summed E-state index contributed by atoms with van der Waals surface area (Å²) < 4.78 is 5.76. The van der Waals surface area contributed by atoms with Crippen molar-refractivity contribution in [2.24, 2.45) is 0 Å². The van der Waals surface area contributed by atoms with E-state index in [0.717, 1.165) is 38.5 Å². The van der Waals surface area contributed by atoms with Crippen LogP contribution >= 0.6 is 0 Å². The van der Waals surface area contributed by atoms with Crippen LogP contribution in [-0.2, 0) is 19.1 Å². The summed E-state index contributed by atoms with van der Waals surface area (Å²) in [6.45, 7) is 8.34. The van der Waals surface area contributed by atoms with Gasteiger partial charge in [0.1, 0.15) is 12.7 Å². The maximum atomic E-state index is 13.0. The molecule has 7 heteroatoms. The van der Waals surface area contributed by atoms with Gasteiger partial charge in [0.25, 0.3) is 0 Å². The summed E-state index contributed by atoms with van der Waals surface area (Å²) in [5.74, 6) is -0.720. The van der Waals surface area contributed by atoms with Crippen molar-refractivity contribution in [2.75, 3.05) is 26.2 Å². The lowest BCUT2D eigenvalue weighted by Crippen LogP contribution is -2.42. The van der Waals surface area contributed by atoms with Gasteiger partial charge in [0, 0.05) is 19.6 Å². The zero-order chi connectivity index (χ0) is 35.9. The molecule has 0 radical (unpaired) electrons. The summed E-state index contributed by atoms with van der Waals surface area (Å²) in [5.41, 5.74) is 0. The number of hydrogen-bond acceptors (Lipinski definition) is 4. The summed E-state index contributed by atoms with van der Waals surface area (Å²) in [6, 6.07) is 0. The summed E-state index contributed by atoms with van der Waals surface area (Å²) in [7, 11) is 0. The summed E-state index contributed by atoms with van der Waals surface area (Å²) in [6.07, 6.45) is 36.3. The van der Waals surface area contributed by atoms with E-state index in [1.54, 1.807) is 0 Å². The summed E-state index contributed by atoms with van der Waals surface area (Å²) in [5, 5.41) is 8.86. The molecule has 3 N–H and O–H groups in total. The molecule has 7 nitrogen and oxygen atoms in total. The van der Waals surface area contributed by atoms with Crippen LogP contribution in [0.5, 0.6) is 0 Å². The lowest BCUT2D eigenvalue weighted by molar-refractivity contribution is -0.142. The highest BCUT2D eigenvalue weighted by Gasteiger charge is 2.23. The first-order chi connectivity index (χ1) is 24.0. The minimum atomic E-state index is -0.959. The Balaban J connectivity index is 4.35. The SMILES string of the molecule is CCCCCCCCCCCCNC(=O)COC(CC(=O)NCCCCCCCCCCCC)C(=O)NCCCCCCCCCCCC. The van der Waals surface area contributed by atoms with Gasteiger partial charge in [-0.15, -0.1) is 0 Å². The van der Waals surface area contributed by atoms with Gasteiger partial charge in [-0.25, -0.2) is 0 Å². The Morgan fingerprint density at radius 3 is 1.02 bits per heavy atom. The van der Waals surface area contributed by atoms with Crippen LogP contribution in [0.4, 0.5) is 0 Å². The quantitative estimate of drug-likeness (QED) is 0.0558. The van der Waals surface area contributed by atoms with E-state index in [9.17, 15) is 14.4 Å². The van der Waals surface area contributed by atoms with Crippen molar-refractivity contribution in [1.82, 2.24) is 16.0 Å². The van der Waals surface area contributed by atoms with Gasteiger partial charge < -0.3 is 20.7 Å². The third-order valence-electron chi connectivity index (χ3n) is 9.61. The maximum absolute atomic E-state index is 13.0. The van der Waals surface area contributed by atoms with Gasteiger partial charge in [-0.1, -0.05) is 194 Å². The molecule has 49 heavy (non-hydrogen) atoms. The first-order valence-electron chi connectivity index (χ1n) is 21.5. The van der Waals surface area contributed by atoms with E-state index in [-0.39, 0.29) is 30.7 Å². The van der Waals surface area contributed by atoms with Crippen LogP contribution in [-0.4, -0.2) is 50.1 Å². The van der Waals surface area contributed by atoms with Crippen LogP contribution in [0.25, 0.3) is 0 Å². The first-order valence-corrected chi connectivity index (χ1v) is 21.5. The molecule has 0 saturated heterocycles. The van der Waals surface area contributed by atoms with Gasteiger partial charge in [-0.2, -0.15) is 0 Å². The predicted molar refractivity (Wildman–Crippen MR) is 209 cm³/mol. The van der Waals surface area contributed by atoms with Crippen LogP contribution in [0.2, 0.25) is 0 Å². The lowest BCUT2D eigenvalue weighted by Gasteiger charge is -2.17. The van der Waals surface area contributed by atoms with E-state index in [4.69, 9.17) is 4.74 Å². The Hall–Kier alpha value is -1.63. The molecule has 1 unspecified atom stereocenters. The van der Waals surface area contributed by atoms with Gasteiger partial charge in [-0.3, -0.25) is 14.4 Å². The molecule has 0 aliphatic rings. The van der Waals surface area contributed by atoms with Gasteiger partial charge in [-0.05, 0) is 19.3 Å². The van der Waals surface area contributed by atoms with Crippen molar-refractivity contribution >= 4 is 17.7 Å². The fourth-order valence-corrected chi connectivity index (χ4v) is 6.31. The Morgan fingerprint density at radius 2 is 0.673 bits per heavy atom.